The highest BCUT2D eigenvalue weighted by Crippen LogP contribution is 2.76. The molecule has 3 heteroatoms. The summed E-state index contributed by atoms with van der Waals surface area (Å²) in [5.41, 5.74) is -0.303. The van der Waals surface area contributed by atoms with Crippen molar-refractivity contribution in [3.05, 3.63) is 10.6 Å². The van der Waals surface area contributed by atoms with Crippen LogP contribution in [-0.4, -0.2) is 17.0 Å². The van der Waals surface area contributed by atoms with Crippen molar-refractivity contribution in [2.24, 2.45) is 22.2 Å². The van der Waals surface area contributed by atoms with E-state index in [4.69, 9.17) is 0 Å². The first-order chi connectivity index (χ1) is 7.76. The molecule has 94 valence electrons. The van der Waals surface area contributed by atoms with Crippen LogP contribution < -0.4 is 0 Å². The van der Waals surface area contributed by atoms with Gasteiger partial charge in [0.2, 0.25) is 0 Å². The number of allylic oxidation sites excluding steroid dienone is 1. The molecule has 0 bridgehead atoms. The number of hydrogen-bond donors (Lipinski definition) is 1. The lowest BCUT2D eigenvalue weighted by Gasteiger charge is -2.63. The predicted molar refractivity (Wildman–Crippen MR) is 69.7 cm³/mol. The largest absolute Gasteiger partial charge is 0.388 e. The van der Waals surface area contributed by atoms with Gasteiger partial charge in [-0.25, -0.2) is 0 Å². The van der Waals surface area contributed by atoms with E-state index in [-0.39, 0.29) is 22.0 Å². The zero-order chi connectivity index (χ0) is 12.6. The Hall–Kier alpha value is -0.150. The summed E-state index contributed by atoms with van der Waals surface area (Å²) in [5.74, 6) is 0.663. The zero-order valence-electron chi connectivity index (χ0n) is 10.6. The predicted octanol–water partition coefficient (Wildman–Crippen LogP) is 3.04. The molecule has 2 nitrogen and oxygen atoms in total. The van der Waals surface area contributed by atoms with Crippen molar-refractivity contribution in [1.82, 2.24) is 0 Å². The van der Waals surface area contributed by atoms with Gasteiger partial charge < -0.3 is 5.11 Å². The van der Waals surface area contributed by atoms with Crippen molar-refractivity contribution in [2.75, 3.05) is 0 Å². The molecule has 0 aromatic rings. The third-order valence-electron chi connectivity index (χ3n) is 5.82. The van der Waals surface area contributed by atoms with Crippen LogP contribution in [0.15, 0.2) is 10.6 Å². The van der Waals surface area contributed by atoms with E-state index < -0.39 is 6.10 Å². The molecular formula is C14H19BrO2. The van der Waals surface area contributed by atoms with Gasteiger partial charge in [0, 0.05) is 10.8 Å². The SMILES string of the molecule is CC1(C)C[C@@]23C(=O)C(Br)=C[C@@H](O)[C@@]2(C)CC[C@@H]13. The van der Waals surface area contributed by atoms with E-state index >= 15 is 0 Å². The summed E-state index contributed by atoms with van der Waals surface area (Å²) < 4.78 is 0.588. The molecule has 1 spiro atoms. The van der Waals surface area contributed by atoms with Crippen LogP contribution in [0.1, 0.15) is 40.0 Å². The highest BCUT2D eigenvalue weighted by molar-refractivity contribution is 9.12. The molecular weight excluding hydrogens is 280 g/mol. The van der Waals surface area contributed by atoms with Crippen LogP contribution in [0.25, 0.3) is 0 Å². The minimum Gasteiger partial charge on any atom is -0.388 e. The van der Waals surface area contributed by atoms with Crippen molar-refractivity contribution < 1.29 is 9.90 Å². The van der Waals surface area contributed by atoms with E-state index in [9.17, 15) is 9.90 Å². The Morgan fingerprint density at radius 2 is 2.06 bits per heavy atom. The Labute approximate surface area is 111 Å². The Kier molecular flexibility index (Phi) is 2.14. The van der Waals surface area contributed by atoms with E-state index in [0.29, 0.717) is 10.4 Å². The molecule has 1 N–H and O–H groups in total. The summed E-state index contributed by atoms with van der Waals surface area (Å²) in [7, 11) is 0. The normalized spacial score (nSPS) is 51.4. The summed E-state index contributed by atoms with van der Waals surface area (Å²) in [6.45, 7) is 6.60. The van der Waals surface area contributed by atoms with Crippen molar-refractivity contribution >= 4 is 21.7 Å². The molecule has 0 unspecified atom stereocenters. The molecule has 3 aliphatic rings. The average Bonchev–Trinajstić information content (AvgIpc) is 2.48. The summed E-state index contributed by atoms with van der Waals surface area (Å²) in [6, 6.07) is 0. The Morgan fingerprint density at radius 1 is 1.41 bits per heavy atom. The van der Waals surface area contributed by atoms with Gasteiger partial charge in [-0.1, -0.05) is 20.8 Å². The second kappa shape index (κ2) is 3.05. The van der Waals surface area contributed by atoms with Gasteiger partial charge in [-0.05, 0) is 52.6 Å². The first kappa shape index (κ1) is 11.9. The fourth-order valence-corrected chi connectivity index (χ4v) is 5.53. The third kappa shape index (κ3) is 1.09. The molecule has 0 aromatic heterocycles. The number of Topliss-reactive ketones (excluding diaryl/α,β-unsaturated/α-hetero) is 1. The zero-order valence-corrected chi connectivity index (χ0v) is 12.2. The quantitative estimate of drug-likeness (QED) is 0.746. The average molecular weight is 299 g/mol. The lowest BCUT2D eigenvalue weighted by Crippen LogP contribution is -2.64. The van der Waals surface area contributed by atoms with Gasteiger partial charge in [0.1, 0.15) is 0 Å². The van der Waals surface area contributed by atoms with Gasteiger partial charge in [0.05, 0.1) is 10.6 Å². The number of rotatable bonds is 0. The van der Waals surface area contributed by atoms with E-state index in [1.54, 1.807) is 6.08 Å². The monoisotopic (exact) mass is 298 g/mol. The Balaban J connectivity index is 2.15. The van der Waals surface area contributed by atoms with Crippen LogP contribution in [0.5, 0.6) is 0 Å². The topological polar surface area (TPSA) is 37.3 Å². The molecule has 2 saturated carbocycles. The van der Waals surface area contributed by atoms with Crippen LogP contribution in [0, 0.1) is 22.2 Å². The smallest absolute Gasteiger partial charge is 0.176 e. The molecule has 0 radical (unpaired) electrons. The summed E-state index contributed by atoms with van der Waals surface area (Å²) in [4.78, 5) is 12.6. The maximum absolute atomic E-state index is 12.6. The first-order valence-electron chi connectivity index (χ1n) is 6.36. The third-order valence-corrected chi connectivity index (χ3v) is 6.45. The highest BCUT2D eigenvalue weighted by atomic mass is 79.9. The lowest BCUT2D eigenvalue weighted by atomic mass is 9.39. The summed E-state index contributed by atoms with van der Waals surface area (Å²) >= 11 is 3.34. The van der Waals surface area contributed by atoms with Crippen LogP contribution in [0.4, 0.5) is 0 Å². The highest BCUT2D eigenvalue weighted by Gasteiger charge is 2.75. The van der Waals surface area contributed by atoms with Crippen molar-refractivity contribution in [2.45, 2.75) is 46.1 Å². The van der Waals surface area contributed by atoms with E-state index in [1.165, 1.54) is 0 Å². The van der Waals surface area contributed by atoms with E-state index in [0.717, 1.165) is 19.3 Å². The molecule has 2 fully saturated rings. The molecule has 4 atom stereocenters. The fraction of sp³-hybridized carbons (Fsp3) is 0.786. The first-order valence-corrected chi connectivity index (χ1v) is 7.15. The standard InChI is InChI=1S/C14H19BrO2/c1-12(2)7-14-9(12)4-5-13(14,3)10(16)6-8(15)11(14)17/h6,9-10,16H,4-5,7H2,1-3H3/t9-,10+,13+,14+/m0/s1. The van der Waals surface area contributed by atoms with Crippen molar-refractivity contribution in [1.29, 1.82) is 0 Å². The second-order valence-corrected chi connectivity index (χ2v) is 7.79. The Bertz CT molecular complexity index is 440. The van der Waals surface area contributed by atoms with Gasteiger partial charge in [0.25, 0.3) is 0 Å². The van der Waals surface area contributed by atoms with Crippen LogP contribution in [-0.2, 0) is 4.79 Å². The van der Waals surface area contributed by atoms with E-state index in [1.807, 2.05) is 0 Å². The van der Waals surface area contributed by atoms with Crippen LogP contribution in [0.3, 0.4) is 0 Å². The number of hydrogen-bond acceptors (Lipinski definition) is 2. The molecule has 3 aliphatic carbocycles. The maximum atomic E-state index is 12.6. The lowest BCUT2D eigenvalue weighted by molar-refractivity contribution is -0.182. The molecule has 0 amide bonds. The van der Waals surface area contributed by atoms with Gasteiger partial charge in [0.15, 0.2) is 5.78 Å². The Morgan fingerprint density at radius 3 is 2.65 bits per heavy atom. The van der Waals surface area contributed by atoms with E-state index in [2.05, 4.69) is 36.7 Å². The van der Waals surface area contributed by atoms with Gasteiger partial charge >= 0.3 is 0 Å². The molecule has 0 aliphatic heterocycles. The maximum Gasteiger partial charge on any atom is 0.176 e. The van der Waals surface area contributed by atoms with Crippen LogP contribution >= 0.6 is 15.9 Å². The second-order valence-electron chi connectivity index (χ2n) is 6.93. The number of carbonyl (C=O) groups is 1. The van der Waals surface area contributed by atoms with Crippen molar-refractivity contribution in [3.63, 3.8) is 0 Å². The number of carbonyl (C=O) groups excluding carboxylic acids is 1. The van der Waals surface area contributed by atoms with Crippen LogP contribution in [0.2, 0.25) is 0 Å². The summed E-state index contributed by atoms with van der Waals surface area (Å²) in [6.07, 6.45) is 4.16. The fourth-order valence-electron chi connectivity index (χ4n) is 4.93. The number of halogens is 1. The molecule has 0 saturated heterocycles. The van der Waals surface area contributed by atoms with Gasteiger partial charge in [-0.15, -0.1) is 0 Å². The number of aliphatic hydroxyl groups is 1. The van der Waals surface area contributed by atoms with Crippen molar-refractivity contribution in [3.8, 4) is 0 Å². The molecule has 0 aromatic carbocycles. The minimum atomic E-state index is -0.490. The molecule has 17 heavy (non-hydrogen) atoms. The number of ketones is 1. The number of aliphatic hydroxyl groups excluding tert-OH is 1. The molecule has 0 heterocycles. The molecule has 3 rings (SSSR count). The minimum absolute atomic E-state index is 0.229. The summed E-state index contributed by atoms with van der Waals surface area (Å²) in [5, 5.41) is 10.4. The van der Waals surface area contributed by atoms with Gasteiger partial charge in [-0.2, -0.15) is 0 Å². The van der Waals surface area contributed by atoms with Gasteiger partial charge in [-0.3, -0.25) is 4.79 Å².